The SMILES string of the molecule is CCC/C(=C\c1nnc(-c2ccc(CNCCC(=O)O)cc2)o1)c1ccccc1. The molecule has 1 aromatic heterocycles. The zero-order chi connectivity index (χ0) is 20.5. The van der Waals surface area contributed by atoms with Crippen LogP contribution in [0.3, 0.4) is 0 Å². The third-order valence-corrected chi connectivity index (χ3v) is 4.45. The van der Waals surface area contributed by atoms with E-state index in [1.54, 1.807) is 0 Å². The van der Waals surface area contributed by atoms with Crippen LogP contribution in [0.15, 0.2) is 59.0 Å². The summed E-state index contributed by atoms with van der Waals surface area (Å²) in [6.07, 6.45) is 4.03. The van der Waals surface area contributed by atoms with Crippen molar-refractivity contribution >= 4 is 17.6 Å². The van der Waals surface area contributed by atoms with Crippen molar-refractivity contribution in [3.05, 3.63) is 71.6 Å². The van der Waals surface area contributed by atoms with E-state index in [4.69, 9.17) is 9.52 Å². The number of nitrogens with one attached hydrogen (secondary N) is 1. The lowest BCUT2D eigenvalue weighted by molar-refractivity contribution is -0.136. The lowest BCUT2D eigenvalue weighted by atomic mass is 10.0. The van der Waals surface area contributed by atoms with Crippen molar-refractivity contribution in [2.24, 2.45) is 0 Å². The molecule has 3 rings (SSSR count). The number of carboxylic acids is 1. The Morgan fingerprint density at radius 2 is 1.83 bits per heavy atom. The first kappa shape index (κ1) is 20.5. The number of hydrogen-bond donors (Lipinski definition) is 2. The number of nitrogens with zero attached hydrogens (tertiary/aromatic N) is 2. The van der Waals surface area contributed by atoms with Gasteiger partial charge in [-0.15, -0.1) is 10.2 Å². The molecule has 0 aliphatic carbocycles. The van der Waals surface area contributed by atoms with Gasteiger partial charge in [-0.25, -0.2) is 0 Å². The van der Waals surface area contributed by atoms with Crippen LogP contribution in [0.25, 0.3) is 23.1 Å². The molecule has 29 heavy (non-hydrogen) atoms. The quantitative estimate of drug-likeness (QED) is 0.490. The van der Waals surface area contributed by atoms with Crippen molar-refractivity contribution in [2.45, 2.75) is 32.7 Å². The van der Waals surface area contributed by atoms with Crippen LogP contribution in [-0.4, -0.2) is 27.8 Å². The van der Waals surface area contributed by atoms with Crippen LogP contribution in [0.1, 0.15) is 43.2 Å². The first-order valence-corrected chi connectivity index (χ1v) is 9.77. The number of carbonyl (C=O) groups is 1. The van der Waals surface area contributed by atoms with E-state index in [1.807, 2.05) is 48.5 Å². The van der Waals surface area contributed by atoms with Gasteiger partial charge in [-0.2, -0.15) is 0 Å². The topological polar surface area (TPSA) is 88.2 Å². The monoisotopic (exact) mass is 391 g/mol. The number of rotatable bonds is 10. The lowest BCUT2D eigenvalue weighted by Crippen LogP contribution is -2.17. The molecule has 1 heterocycles. The van der Waals surface area contributed by atoms with Crippen LogP contribution in [0.4, 0.5) is 0 Å². The van der Waals surface area contributed by atoms with Crippen molar-refractivity contribution in [2.75, 3.05) is 6.54 Å². The predicted molar refractivity (Wildman–Crippen MR) is 113 cm³/mol. The molecular weight excluding hydrogens is 366 g/mol. The molecule has 6 heteroatoms. The highest BCUT2D eigenvalue weighted by Gasteiger charge is 2.09. The fraction of sp³-hybridized carbons (Fsp3) is 0.261. The Morgan fingerprint density at radius 3 is 2.52 bits per heavy atom. The molecule has 2 aromatic carbocycles. The molecule has 150 valence electrons. The van der Waals surface area contributed by atoms with Crippen molar-refractivity contribution in [1.82, 2.24) is 15.5 Å². The number of carboxylic acid groups (broad SMARTS) is 1. The third kappa shape index (κ3) is 6.12. The molecule has 0 unspecified atom stereocenters. The Balaban J connectivity index is 1.68. The van der Waals surface area contributed by atoms with E-state index in [2.05, 4.69) is 34.6 Å². The van der Waals surface area contributed by atoms with Gasteiger partial charge in [0, 0.05) is 24.7 Å². The molecule has 2 N–H and O–H groups in total. The van der Waals surface area contributed by atoms with E-state index in [9.17, 15) is 4.79 Å². The molecule has 0 radical (unpaired) electrons. The summed E-state index contributed by atoms with van der Waals surface area (Å²) in [5.41, 5.74) is 4.25. The van der Waals surface area contributed by atoms with Crippen LogP contribution in [0, 0.1) is 0 Å². The Kier molecular flexibility index (Phi) is 7.30. The Labute approximate surface area is 170 Å². The van der Waals surface area contributed by atoms with E-state index >= 15 is 0 Å². The first-order chi connectivity index (χ1) is 14.2. The molecule has 0 aliphatic heterocycles. The minimum atomic E-state index is -0.802. The van der Waals surface area contributed by atoms with Gasteiger partial charge in [-0.3, -0.25) is 4.79 Å². The molecule has 0 amide bonds. The normalized spacial score (nSPS) is 11.6. The molecule has 0 bridgehead atoms. The average molecular weight is 391 g/mol. The first-order valence-electron chi connectivity index (χ1n) is 9.77. The Bertz CT molecular complexity index is 947. The standard InChI is InChI=1S/C23H25N3O3/c1-2-6-20(18-7-4-3-5-8-18)15-21-25-26-23(29-21)19-11-9-17(10-12-19)16-24-14-13-22(27)28/h3-5,7-12,15,24H,2,6,13-14,16H2,1H3,(H,27,28)/b20-15+. The van der Waals surface area contributed by atoms with Crippen molar-refractivity contribution < 1.29 is 14.3 Å². The highest BCUT2D eigenvalue weighted by atomic mass is 16.4. The van der Waals surface area contributed by atoms with Crippen LogP contribution in [-0.2, 0) is 11.3 Å². The summed E-state index contributed by atoms with van der Waals surface area (Å²) in [5.74, 6) is 0.167. The van der Waals surface area contributed by atoms with Gasteiger partial charge < -0.3 is 14.8 Å². The van der Waals surface area contributed by atoms with E-state index in [0.717, 1.165) is 29.5 Å². The lowest BCUT2D eigenvalue weighted by Gasteiger charge is -2.05. The Hall–Kier alpha value is -3.25. The second kappa shape index (κ2) is 10.3. The highest BCUT2D eigenvalue weighted by Crippen LogP contribution is 2.24. The number of hydrogen-bond acceptors (Lipinski definition) is 5. The van der Waals surface area contributed by atoms with Gasteiger partial charge in [-0.05, 0) is 35.3 Å². The molecule has 0 saturated heterocycles. The molecule has 0 fully saturated rings. The minimum absolute atomic E-state index is 0.110. The second-order valence-corrected chi connectivity index (χ2v) is 6.75. The maximum Gasteiger partial charge on any atom is 0.304 e. The van der Waals surface area contributed by atoms with Gasteiger partial charge in [0.25, 0.3) is 0 Å². The average Bonchev–Trinajstić information content (AvgIpc) is 3.20. The van der Waals surface area contributed by atoms with Crippen LogP contribution in [0.5, 0.6) is 0 Å². The van der Waals surface area contributed by atoms with Crippen LogP contribution in [0.2, 0.25) is 0 Å². The van der Waals surface area contributed by atoms with Gasteiger partial charge >= 0.3 is 5.97 Å². The number of benzene rings is 2. The molecule has 3 aromatic rings. The molecule has 0 spiro atoms. The minimum Gasteiger partial charge on any atom is -0.481 e. The van der Waals surface area contributed by atoms with Gasteiger partial charge in [0.15, 0.2) is 0 Å². The van der Waals surface area contributed by atoms with Crippen LogP contribution >= 0.6 is 0 Å². The highest BCUT2D eigenvalue weighted by molar-refractivity contribution is 5.79. The van der Waals surface area contributed by atoms with E-state index in [0.29, 0.717) is 24.9 Å². The molecule has 6 nitrogen and oxygen atoms in total. The number of aliphatic carboxylic acids is 1. The van der Waals surface area contributed by atoms with Crippen molar-refractivity contribution in [3.8, 4) is 11.5 Å². The van der Waals surface area contributed by atoms with Gasteiger partial charge in [0.05, 0.1) is 6.42 Å². The molecule has 0 saturated carbocycles. The second-order valence-electron chi connectivity index (χ2n) is 6.75. The van der Waals surface area contributed by atoms with E-state index in [1.165, 1.54) is 5.57 Å². The Morgan fingerprint density at radius 1 is 1.07 bits per heavy atom. The fourth-order valence-corrected chi connectivity index (χ4v) is 2.97. The summed E-state index contributed by atoms with van der Waals surface area (Å²) in [4.78, 5) is 10.5. The summed E-state index contributed by atoms with van der Waals surface area (Å²) in [6, 6.07) is 18.0. The molecule has 0 atom stereocenters. The number of aromatic nitrogens is 2. The summed E-state index contributed by atoms with van der Waals surface area (Å²) >= 11 is 0. The largest absolute Gasteiger partial charge is 0.481 e. The van der Waals surface area contributed by atoms with Gasteiger partial charge in [-0.1, -0.05) is 55.8 Å². The van der Waals surface area contributed by atoms with Crippen molar-refractivity contribution in [1.29, 1.82) is 0 Å². The summed E-state index contributed by atoms with van der Waals surface area (Å²) < 4.78 is 5.85. The fourth-order valence-electron chi connectivity index (χ4n) is 2.97. The third-order valence-electron chi connectivity index (χ3n) is 4.45. The molecule has 0 aliphatic rings. The maximum atomic E-state index is 10.5. The predicted octanol–water partition coefficient (Wildman–Crippen LogP) is 4.64. The van der Waals surface area contributed by atoms with E-state index < -0.39 is 5.97 Å². The maximum absolute atomic E-state index is 10.5. The smallest absolute Gasteiger partial charge is 0.304 e. The van der Waals surface area contributed by atoms with E-state index in [-0.39, 0.29) is 6.42 Å². The summed E-state index contributed by atoms with van der Waals surface area (Å²) in [5, 5.41) is 20.1. The number of allylic oxidation sites excluding steroid dienone is 1. The van der Waals surface area contributed by atoms with Crippen molar-refractivity contribution in [3.63, 3.8) is 0 Å². The summed E-state index contributed by atoms with van der Waals surface area (Å²) in [6.45, 7) is 3.20. The zero-order valence-corrected chi connectivity index (χ0v) is 16.5. The van der Waals surface area contributed by atoms with Crippen LogP contribution < -0.4 is 5.32 Å². The zero-order valence-electron chi connectivity index (χ0n) is 16.5. The summed E-state index contributed by atoms with van der Waals surface area (Å²) in [7, 11) is 0. The molecular formula is C23H25N3O3. The van der Waals surface area contributed by atoms with Gasteiger partial charge in [0.2, 0.25) is 11.8 Å². The van der Waals surface area contributed by atoms with Gasteiger partial charge in [0.1, 0.15) is 0 Å².